The SMILES string of the molecule is COc1ccc(NC(=O)C(C)N2CCC(c3nnc4ccccn34)CC2)cc1. The number of pyridine rings is 1. The third-order valence-electron chi connectivity index (χ3n) is 5.52. The van der Waals surface area contributed by atoms with E-state index < -0.39 is 0 Å². The fourth-order valence-electron chi connectivity index (χ4n) is 3.77. The Kier molecular flexibility index (Phi) is 5.25. The average Bonchev–Trinajstić information content (AvgIpc) is 3.18. The maximum Gasteiger partial charge on any atom is 0.241 e. The van der Waals surface area contributed by atoms with Gasteiger partial charge in [0.1, 0.15) is 11.6 Å². The fraction of sp³-hybridized carbons (Fsp3) is 0.381. The minimum Gasteiger partial charge on any atom is -0.497 e. The van der Waals surface area contributed by atoms with Gasteiger partial charge >= 0.3 is 0 Å². The molecule has 0 bridgehead atoms. The van der Waals surface area contributed by atoms with E-state index in [1.165, 1.54) is 0 Å². The molecule has 4 rings (SSSR count). The van der Waals surface area contributed by atoms with Gasteiger partial charge in [0, 0.05) is 17.8 Å². The van der Waals surface area contributed by atoms with Crippen LogP contribution in [0.1, 0.15) is 31.5 Å². The van der Waals surface area contributed by atoms with E-state index in [1.807, 2.05) is 55.6 Å². The third-order valence-corrected chi connectivity index (χ3v) is 5.52. The number of likely N-dealkylation sites (tertiary alicyclic amines) is 1. The van der Waals surface area contributed by atoms with Gasteiger partial charge in [0.15, 0.2) is 5.65 Å². The van der Waals surface area contributed by atoms with Gasteiger partial charge in [-0.3, -0.25) is 14.1 Å². The van der Waals surface area contributed by atoms with Crippen molar-refractivity contribution in [2.24, 2.45) is 0 Å². The van der Waals surface area contributed by atoms with Crippen molar-refractivity contribution < 1.29 is 9.53 Å². The van der Waals surface area contributed by atoms with Gasteiger partial charge in [-0.2, -0.15) is 0 Å². The van der Waals surface area contributed by atoms with E-state index in [-0.39, 0.29) is 11.9 Å². The van der Waals surface area contributed by atoms with Gasteiger partial charge in [-0.15, -0.1) is 10.2 Å². The zero-order chi connectivity index (χ0) is 19.5. The monoisotopic (exact) mass is 379 g/mol. The number of hydrogen-bond acceptors (Lipinski definition) is 5. The normalized spacial score (nSPS) is 16.8. The number of methoxy groups -OCH3 is 1. The predicted molar refractivity (Wildman–Crippen MR) is 108 cm³/mol. The van der Waals surface area contributed by atoms with E-state index in [0.29, 0.717) is 5.92 Å². The van der Waals surface area contributed by atoms with Crippen molar-refractivity contribution in [2.45, 2.75) is 31.7 Å². The van der Waals surface area contributed by atoms with Gasteiger partial charge in [-0.05, 0) is 69.3 Å². The van der Waals surface area contributed by atoms with Crippen LogP contribution in [0.3, 0.4) is 0 Å². The molecule has 2 aromatic heterocycles. The highest BCUT2D eigenvalue weighted by Crippen LogP contribution is 2.28. The summed E-state index contributed by atoms with van der Waals surface area (Å²) in [6.07, 6.45) is 3.95. The molecule has 0 saturated carbocycles. The maximum absolute atomic E-state index is 12.6. The Labute approximate surface area is 164 Å². The lowest BCUT2D eigenvalue weighted by atomic mass is 9.95. The van der Waals surface area contributed by atoms with Gasteiger partial charge < -0.3 is 10.1 Å². The molecule has 7 heteroatoms. The van der Waals surface area contributed by atoms with Crippen LogP contribution in [-0.4, -0.2) is 51.6 Å². The molecule has 3 aromatic rings. The van der Waals surface area contributed by atoms with E-state index in [2.05, 4.69) is 24.8 Å². The third kappa shape index (κ3) is 3.71. The summed E-state index contributed by atoms with van der Waals surface area (Å²) in [6.45, 7) is 3.69. The molecule has 1 fully saturated rings. The first kappa shape index (κ1) is 18.4. The first-order chi connectivity index (χ1) is 13.7. The molecule has 1 atom stereocenters. The summed E-state index contributed by atoms with van der Waals surface area (Å²) in [5.74, 6) is 2.17. The molecule has 28 heavy (non-hydrogen) atoms. The molecule has 1 aliphatic rings. The van der Waals surface area contributed by atoms with Gasteiger partial charge in [0.2, 0.25) is 5.91 Å². The van der Waals surface area contributed by atoms with Crippen molar-refractivity contribution in [3.05, 3.63) is 54.5 Å². The molecule has 1 saturated heterocycles. The summed E-state index contributed by atoms with van der Waals surface area (Å²) in [4.78, 5) is 14.9. The molecule has 1 aromatic carbocycles. The second-order valence-corrected chi connectivity index (χ2v) is 7.19. The number of carbonyl (C=O) groups excluding carboxylic acids is 1. The molecule has 0 radical (unpaired) electrons. The van der Waals surface area contributed by atoms with Crippen molar-refractivity contribution >= 4 is 17.2 Å². The van der Waals surface area contributed by atoms with Gasteiger partial charge in [-0.25, -0.2) is 0 Å². The topological polar surface area (TPSA) is 71.8 Å². The summed E-state index contributed by atoms with van der Waals surface area (Å²) in [5.41, 5.74) is 1.66. The Morgan fingerprint density at radius 1 is 1.14 bits per heavy atom. The van der Waals surface area contributed by atoms with Crippen molar-refractivity contribution in [3.63, 3.8) is 0 Å². The molecular weight excluding hydrogens is 354 g/mol. The predicted octanol–water partition coefficient (Wildman–Crippen LogP) is 2.94. The van der Waals surface area contributed by atoms with E-state index >= 15 is 0 Å². The summed E-state index contributed by atoms with van der Waals surface area (Å²) in [6, 6.07) is 13.1. The number of hydrogen-bond donors (Lipinski definition) is 1. The number of fused-ring (bicyclic) bond motifs is 1. The van der Waals surface area contributed by atoms with E-state index in [1.54, 1.807) is 7.11 Å². The minimum absolute atomic E-state index is 0.0107. The van der Waals surface area contributed by atoms with E-state index in [4.69, 9.17) is 4.74 Å². The molecule has 0 spiro atoms. The number of anilines is 1. The van der Waals surface area contributed by atoms with Crippen molar-refractivity contribution in [3.8, 4) is 5.75 Å². The fourth-order valence-corrected chi connectivity index (χ4v) is 3.77. The van der Waals surface area contributed by atoms with Crippen LogP contribution in [0.25, 0.3) is 5.65 Å². The first-order valence-corrected chi connectivity index (χ1v) is 9.64. The van der Waals surface area contributed by atoms with E-state index in [9.17, 15) is 4.79 Å². The number of aromatic nitrogens is 3. The highest BCUT2D eigenvalue weighted by molar-refractivity contribution is 5.94. The van der Waals surface area contributed by atoms with Crippen molar-refractivity contribution in [2.75, 3.05) is 25.5 Å². The van der Waals surface area contributed by atoms with Crippen molar-refractivity contribution in [1.82, 2.24) is 19.5 Å². The van der Waals surface area contributed by atoms with Crippen LogP contribution in [0.2, 0.25) is 0 Å². The van der Waals surface area contributed by atoms with Crippen LogP contribution < -0.4 is 10.1 Å². The minimum atomic E-state index is -0.182. The number of piperidine rings is 1. The number of rotatable bonds is 5. The summed E-state index contributed by atoms with van der Waals surface area (Å²) in [5, 5.41) is 11.7. The Balaban J connectivity index is 1.35. The lowest BCUT2D eigenvalue weighted by molar-refractivity contribution is -0.121. The van der Waals surface area contributed by atoms with Gasteiger partial charge in [0.05, 0.1) is 13.2 Å². The van der Waals surface area contributed by atoms with Gasteiger partial charge in [-0.1, -0.05) is 6.07 Å². The van der Waals surface area contributed by atoms with Crippen molar-refractivity contribution in [1.29, 1.82) is 0 Å². The van der Waals surface area contributed by atoms with Crippen LogP contribution in [0, 0.1) is 0 Å². The zero-order valence-electron chi connectivity index (χ0n) is 16.2. The number of nitrogens with zero attached hydrogens (tertiary/aromatic N) is 4. The maximum atomic E-state index is 12.6. The zero-order valence-corrected chi connectivity index (χ0v) is 16.2. The van der Waals surface area contributed by atoms with Crippen LogP contribution in [0.5, 0.6) is 5.75 Å². The molecule has 3 heterocycles. The number of nitrogens with one attached hydrogen (secondary N) is 1. The molecule has 1 amide bonds. The highest BCUT2D eigenvalue weighted by atomic mass is 16.5. The standard InChI is InChI=1S/C21H25N5O2/c1-15(21(27)22-17-6-8-18(28-2)9-7-17)25-13-10-16(11-14-25)20-24-23-19-5-3-4-12-26(19)20/h3-9,12,15-16H,10-11,13-14H2,1-2H3,(H,22,27). The Bertz CT molecular complexity index is 945. The molecule has 146 valence electrons. The Morgan fingerprint density at radius 3 is 2.61 bits per heavy atom. The largest absolute Gasteiger partial charge is 0.497 e. The van der Waals surface area contributed by atoms with Crippen LogP contribution in [-0.2, 0) is 4.79 Å². The number of carbonyl (C=O) groups is 1. The van der Waals surface area contributed by atoms with Crippen LogP contribution >= 0.6 is 0 Å². The Morgan fingerprint density at radius 2 is 1.89 bits per heavy atom. The molecule has 1 aliphatic heterocycles. The second kappa shape index (κ2) is 7.98. The second-order valence-electron chi connectivity index (χ2n) is 7.19. The summed E-state index contributed by atoms with van der Waals surface area (Å²) >= 11 is 0. The highest BCUT2D eigenvalue weighted by Gasteiger charge is 2.29. The van der Waals surface area contributed by atoms with Gasteiger partial charge in [0.25, 0.3) is 0 Å². The Hall–Kier alpha value is -2.93. The number of ether oxygens (including phenoxy) is 1. The molecule has 0 aliphatic carbocycles. The van der Waals surface area contributed by atoms with E-state index in [0.717, 1.165) is 48.8 Å². The lowest BCUT2D eigenvalue weighted by Gasteiger charge is -2.34. The first-order valence-electron chi connectivity index (χ1n) is 9.64. The summed E-state index contributed by atoms with van der Waals surface area (Å²) < 4.78 is 7.22. The average molecular weight is 379 g/mol. The van der Waals surface area contributed by atoms with Crippen LogP contribution in [0.4, 0.5) is 5.69 Å². The molecular formula is C21H25N5O2. The smallest absolute Gasteiger partial charge is 0.241 e. The summed E-state index contributed by atoms with van der Waals surface area (Å²) in [7, 11) is 1.63. The molecule has 7 nitrogen and oxygen atoms in total. The molecule has 1 unspecified atom stereocenters. The number of amides is 1. The quantitative estimate of drug-likeness (QED) is 0.738. The lowest BCUT2D eigenvalue weighted by Crippen LogP contribution is -2.45. The van der Waals surface area contributed by atoms with Crippen LogP contribution in [0.15, 0.2) is 48.7 Å². The number of benzene rings is 1. The molecule has 1 N–H and O–H groups in total.